The van der Waals surface area contributed by atoms with Crippen molar-refractivity contribution in [3.63, 3.8) is 0 Å². The number of thiocarbonyl (C=S) groups is 1. The van der Waals surface area contributed by atoms with E-state index in [1.54, 1.807) is 49.8 Å². The zero-order valence-corrected chi connectivity index (χ0v) is 43.2. The van der Waals surface area contributed by atoms with Crippen LogP contribution >= 0.6 is 23.6 Å². The first-order chi connectivity index (χ1) is 35.4. The number of β-amino-alcohol motifs (C(OH)–C–C–N with tert-alkyl or cyclic N) is 1. The van der Waals surface area contributed by atoms with Crippen LogP contribution in [0, 0.1) is 35.3 Å². The second kappa shape index (κ2) is 22.8. The molecule has 3 atom stereocenters. The number of carbonyl (C=O) groups is 4. The van der Waals surface area contributed by atoms with E-state index in [-0.39, 0.29) is 50.8 Å². The van der Waals surface area contributed by atoms with Crippen LogP contribution in [0.4, 0.5) is 33.3 Å². The number of pyridine rings is 1. The number of amides is 4. The molecule has 0 unspecified atom stereocenters. The maximum Gasteiger partial charge on any atom is 0.420 e. The molecule has 7 rings (SSSR count). The Morgan fingerprint density at radius 3 is 2.31 bits per heavy atom. The topological polar surface area (TPSA) is 200 Å². The van der Waals surface area contributed by atoms with Gasteiger partial charge in [0.1, 0.15) is 41.3 Å². The van der Waals surface area contributed by atoms with Crippen LogP contribution in [0.2, 0.25) is 0 Å². The molecule has 0 saturated carbocycles. The van der Waals surface area contributed by atoms with E-state index in [0.29, 0.717) is 23.5 Å². The van der Waals surface area contributed by atoms with Crippen LogP contribution in [0.3, 0.4) is 0 Å². The van der Waals surface area contributed by atoms with Gasteiger partial charge in [-0.2, -0.15) is 18.4 Å². The van der Waals surface area contributed by atoms with E-state index >= 15 is 8.78 Å². The third-order valence-corrected chi connectivity index (χ3v) is 13.8. The van der Waals surface area contributed by atoms with Crippen molar-refractivity contribution in [2.75, 3.05) is 36.2 Å². The fourth-order valence-corrected chi connectivity index (χ4v) is 9.85. The number of alkyl halides is 3. The minimum absolute atomic E-state index is 0.0543. The third kappa shape index (κ3) is 12.5. The van der Waals surface area contributed by atoms with E-state index in [0.717, 1.165) is 51.0 Å². The summed E-state index contributed by atoms with van der Waals surface area (Å²) in [6, 6.07) is 15.8. The van der Waals surface area contributed by atoms with Gasteiger partial charge in [-0.3, -0.25) is 24.1 Å². The lowest BCUT2D eigenvalue weighted by atomic mass is 9.85. The SMILES string of the molecule is Cc1ncsc1-c1ccc(CNC(=O)[C@@H]2C[C@@H](O)CN2C(=O)[C@@H](NC(=O)COCCCCOc2ccc(Oc3ncc(N4C(=S)N(c5ccc(C#N)c(C(F)(F)F)c5F)C(=O)C4(C)C)cc3F)cc2)C(C)(C)C)cc1. The first-order valence-corrected chi connectivity index (χ1v) is 24.9. The molecule has 0 spiro atoms. The minimum Gasteiger partial charge on any atom is -0.494 e. The van der Waals surface area contributed by atoms with Gasteiger partial charge in [-0.05, 0) is 98.8 Å². The number of hydrogen-bond acceptors (Lipinski definition) is 13. The summed E-state index contributed by atoms with van der Waals surface area (Å²) in [6.45, 7) is 10.4. The molecule has 2 aromatic heterocycles. The van der Waals surface area contributed by atoms with E-state index in [1.807, 2.05) is 31.2 Å². The van der Waals surface area contributed by atoms with Gasteiger partial charge in [-0.25, -0.2) is 18.7 Å². The number of benzene rings is 3. The normalized spacial score (nSPS) is 17.0. The number of hydrogen-bond donors (Lipinski definition) is 3. The van der Waals surface area contributed by atoms with Crippen molar-refractivity contribution in [1.82, 2.24) is 25.5 Å². The molecule has 2 saturated heterocycles. The highest BCUT2D eigenvalue weighted by Crippen LogP contribution is 2.42. The molecule has 75 heavy (non-hydrogen) atoms. The molecule has 2 aliphatic heterocycles. The molecule has 5 aromatic rings. The maximum absolute atomic E-state index is 15.5. The van der Waals surface area contributed by atoms with Gasteiger partial charge < -0.3 is 39.8 Å². The Hall–Kier alpha value is -7.13. The molecule has 2 aliphatic rings. The van der Waals surface area contributed by atoms with Gasteiger partial charge in [-0.15, -0.1) is 11.3 Å². The van der Waals surface area contributed by atoms with Gasteiger partial charge in [0.15, 0.2) is 16.7 Å². The van der Waals surface area contributed by atoms with Crippen molar-refractivity contribution in [2.24, 2.45) is 5.41 Å². The van der Waals surface area contributed by atoms with Crippen LogP contribution in [0.5, 0.6) is 17.4 Å². The summed E-state index contributed by atoms with van der Waals surface area (Å²) in [5, 5.41) is 24.9. The highest BCUT2D eigenvalue weighted by Gasteiger charge is 2.52. The maximum atomic E-state index is 15.5. The van der Waals surface area contributed by atoms with Gasteiger partial charge in [0.25, 0.3) is 11.8 Å². The van der Waals surface area contributed by atoms with Gasteiger partial charge in [0.2, 0.25) is 17.7 Å². The summed E-state index contributed by atoms with van der Waals surface area (Å²) in [5.74, 6) is -5.03. The fourth-order valence-electron chi connectivity index (χ4n) is 8.52. The van der Waals surface area contributed by atoms with E-state index in [1.165, 1.54) is 36.9 Å². The number of aromatic nitrogens is 2. The second-order valence-electron chi connectivity index (χ2n) is 19.4. The summed E-state index contributed by atoms with van der Waals surface area (Å²) < 4.78 is 89.3. The van der Waals surface area contributed by atoms with Crippen molar-refractivity contribution < 1.29 is 60.4 Å². The predicted octanol–water partition coefficient (Wildman–Crippen LogP) is 8.38. The van der Waals surface area contributed by atoms with Gasteiger partial charge in [0, 0.05) is 32.2 Å². The molecular weight excluding hydrogens is 1020 g/mol. The number of thiazole rings is 1. The van der Waals surface area contributed by atoms with E-state index in [9.17, 15) is 37.5 Å². The number of likely N-dealkylation sites (tertiary alicyclic amines) is 1. The van der Waals surface area contributed by atoms with E-state index in [2.05, 4.69) is 20.6 Å². The number of nitrogens with one attached hydrogen (secondary N) is 2. The Bertz CT molecular complexity index is 3000. The Balaban J connectivity index is 0.843. The highest BCUT2D eigenvalue weighted by atomic mass is 32.1. The number of aliphatic hydroxyl groups is 1. The van der Waals surface area contributed by atoms with Gasteiger partial charge >= 0.3 is 6.18 Å². The Kier molecular flexibility index (Phi) is 16.9. The average molecular weight is 1080 g/mol. The number of ether oxygens (including phenoxy) is 3. The van der Waals surface area contributed by atoms with Crippen LogP contribution in [-0.4, -0.2) is 98.8 Å². The summed E-state index contributed by atoms with van der Waals surface area (Å²) >= 11 is 6.97. The Morgan fingerprint density at radius 2 is 1.68 bits per heavy atom. The first-order valence-electron chi connectivity index (χ1n) is 23.6. The van der Waals surface area contributed by atoms with Crippen molar-refractivity contribution in [2.45, 2.75) is 97.3 Å². The molecule has 0 bridgehead atoms. The minimum atomic E-state index is -5.26. The molecular formula is C52H53F5N8O8S2. The molecule has 2 fully saturated rings. The van der Waals surface area contributed by atoms with Crippen LogP contribution in [-0.2, 0) is 36.6 Å². The number of rotatable bonds is 18. The molecule has 16 nitrogen and oxygen atoms in total. The number of anilines is 2. The molecule has 0 radical (unpaired) electrons. The van der Waals surface area contributed by atoms with Crippen molar-refractivity contribution in [1.29, 1.82) is 5.26 Å². The standard InChI is InChI=1S/C52H53F5N8O8S2/c1-29-43(75-28-61-29)31-11-9-30(10-12-31)24-59-45(68)39-22-34(66)26-63(39)47(69)44(50(2,3)4)62-40(67)27-71-19-7-8-20-72-35-14-16-36(17-15-35)73-46-37(53)21-33(25-60-46)65-49(74)64(48(70)51(65,5)6)38-18-13-32(23-58)41(42(38)54)52(55,56)57/h9-18,21,25,28,34,39,44,66H,7-8,19-20,22,24,26-27H2,1-6H3,(H,59,68)(H,62,67)/t34-,39+,44-/m1/s1. The van der Waals surface area contributed by atoms with Crippen molar-refractivity contribution in [3.05, 3.63) is 112 Å². The molecule has 0 aliphatic carbocycles. The van der Waals surface area contributed by atoms with Crippen LogP contribution in [0.15, 0.2) is 78.4 Å². The monoisotopic (exact) mass is 1080 g/mol. The van der Waals surface area contributed by atoms with Crippen LogP contribution in [0.1, 0.15) is 76.3 Å². The number of aryl methyl sites for hydroxylation is 1. The summed E-state index contributed by atoms with van der Waals surface area (Å²) in [5.41, 5.74) is -1.54. The largest absolute Gasteiger partial charge is 0.494 e. The third-order valence-electron chi connectivity index (χ3n) is 12.4. The second-order valence-corrected chi connectivity index (χ2v) is 20.6. The number of carbonyl (C=O) groups excluding carboxylic acids is 4. The van der Waals surface area contributed by atoms with Gasteiger partial charge in [0.05, 0.1) is 58.0 Å². The molecule has 4 heterocycles. The quantitative estimate of drug-likeness (QED) is 0.0430. The number of nitriles is 1. The summed E-state index contributed by atoms with van der Waals surface area (Å²) in [6.07, 6.45) is -3.93. The fraction of sp³-hybridized carbons (Fsp3) is 0.385. The number of aliphatic hydroxyl groups excluding tert-OH is 1. The zero-order chi connectivity index (χ0) is 54.6. The predicted molar refractivity (Wildman–Crippen MR) is 271 cm³/mol. The Labute approximate surface area is 438 Å². The van der Waals surface area contributed by atoms with E-state index in [4.69, 9.17) is 31.7 Å². The smallest absolute Gasteiger partial charge is 0.420 e. The van der Waals surface area contributed by atoms with Gasteiger partial charge in [-0.1, -0.05) is 45.0 Å². The lowest BCUT2D eigenvalue weighted by Gasteiger charge is -2.35. The highest BCUT2D eigenvalue weighted by molar-refractivity contribution is 7.81. The van der Waals surface area contributed by atoms with Crippen LogP contribution in [0.25, 0.3) is 10.4 Å². The molecule has 4 amide bonds. The van der Waals surface area contributed by atoms with Crippen molar-refractivity contribution >= 4 is 63.7 Å². The Morgan fingerprint density at radius 1 is 1.00 bits per heavy atom. The van der Waals surface area contributed by atoms with E-state index < -0.39 is 98.4 Å². The lowest BCUT2D eigenvalue weighted by molar-refractivity contribution is -0.144. The number of unbranched alkanes of at least 4 members (excludes halogenated alkanes) is 1. The lowest BCUT2D eigenvalue weighted by Crippen LogP contribution is -2.58. The molecule has 396 valence electrons. The average Bonchev–Trinajstić information content (AvgIpc) is 4.02. The number of halogens is 5. The molecule has 23 heteroatoms. The molecule has 3 N–H and O–H groups in total. The zero-order valence-electron chi connectivity index (χ0n) is 41.6. The number of nitrogens with zero attached hydrogens (tertiary/aromatic N) is 6. The summed E-state index contributed by atoms with van der Waals surface area (Å²) in [4.78, 5) is 66.4. The van der Waals surface area contributed by atoms with Crippen LogP contribution < -0.4 is 29.9 Å². The first kappa shape index (κ1) is 55.6. The molecule has 3 aromatic carbocycles. The van der Waals surface area contributed by atoms with Crippen molar-refractivity contribution in [3.8, 4) is 33.9 Å². The summed E-state index contributed by atoms with van der Waals surface area (Å²) in [7, 11) is 0.